The fourth-order valence-electron chi connectivity index (χ4n) is 1.11. The van der Waals surface area contributed by atoms with E-state index in [9.17, 15) is 24.9 Å². The van der Waals surface area contributed by atoms with Crippen LogP contribution in [0.3, 0.4) is 0 Å². The van der Waals surface area contributed by atoms with Crippen LogP contribution in [0.2, 0.25) is 0 Å². The average Bonchev–Trinajstić information content (AvgIpc) is 2.47. The zero-order chi connectivity index (χ0) is 15.9. The zero-order valence-electron chi connectivity index (χ0n) is 10.5. The minimum Gasteiger partial charge on any atom is -0.459 e. The maximum absolute atomic E-state index is 11.3. The highest BCUT2D eigenvalue weighted by atomic mass is 16.5. The number of hydrogen-bond acceptors (Lipinski definition) is 9. The molecule has 0 saturated carbocycles. The molecule has 0 aliphatic rings. The molecule has 0 aromatic rings. The number of aldehydes is 1. The van der Waals surface area contributed by atoms with E-state index >= 15 is 0 Å². The predicted octanol–water partition coefficient (Wildman–Crippen LogP) is -3.92. The first-order valence-corrected chi connectivity index (χ1v) is 5.58. The highest BCUT2D eigenvalue weighted by Gasteiger charge is 2.31. The first-order chi connectivity index (χ1) is 9.26. The summed E-state index contributed by atoms with van der Waals surface area (Å²) in [5.74, 6) is -1.12. The van der Waals surface area contributed by atoms with Gasteiger partial charge in [0.05, 0.1) is 12.2 Å². The van der Waals surface area contributed by atoms with Crippen LogP contribution in [-0.2, 0) is 14.3 Å². The second-order valence-electron chi connectivity index (χ2n) is 4.00. The number of aliphatic hydroxyl groups excluding tert-OH is 6. The Labute approximate surface area is 114 Å². The summed E-state index contributed by atoms with van der Waals surface area (Å²) in [5.41, 5.74) is -0.456. The Hall–Kier alpha value is -1.36. The van der Waals surface area contributed by atoms with Crippen LogP contribution in [0.5, 0.6) is 0 Å². The van der Waals surface area contributed by atoms with Gasteiger partial charge in [-0.2, -0.15) is 0 Å². The molecule has 0 saturated heterocycles. The molecule has 0 aliphatic carbocycles. The van der Waals surface area contributed by atoms with E-state index in [2.05, 4.69) is 11.3 Å². The van der Waals surface area contributed by atoms with Crippen molar-refractivity contribution in [2.45, 2.75) is 30.5 Å². The van der Waals surface area contributed by atoms with E-state index in [1.165, 1.54) is 0 Å². The van der Waals surface area contributed by atoms with E-state index in [0.29, 0.717) is 0 Å². The van der Waals surface area contributed by atoms with Gasteiger partial charge in [0.2, 0.25) is 0 Å². The standard InChI is InChI=1S/C11H18O9/c1-5(6(14)2-12)11(19)20-4-8(16)10(18)9(17)7(15)3-13/h3,6-10,12,14-18H,1-2,4H2/t6-,7+,8-,9-,10-/m1/s1. The minimum atomic E-state index is -1.95. The lowest BCUT2D eigenvalue weighted by Crippen LogP contribution is -2.47. The number of hydrogen-bond donors (Lipinski definition) is 6. The summed E-state index contributed by atoms with van der Waals surface area (Å²) in [6.07, 6.45) is -9.12. The number of aliphatic hydroxyl groups is 6. The van der Waals surface area contributed by atoms with E-state index in [1.807, 2.05) is 0 Å². The third-order valence-corrected chi connectivity index (χ3v) is 2.46. The minimum absolute atomic E-state index is 0.0356. The molecule has 9 nitrogen and oxygen atoms in total. The molecule has 0 unspecified atom stereocenters. The Bertz CT molecular complexity index is 343. The molecule has 0 heterocycles. The summed E-state index contributed by atoms with van der Waals surface area (Å²) in [4.78, 5) is 21.5. The average molecular weight is 294 g/mol. The van der Waals surface area contributed by atoms with E-state index in [0.717, 1.165) is 0 Å². The van der Waals surface area contributed by atoms with Crippen LogP contribution in [-0.4, -0.2) is 86.6 Å². The third kappa shape index (κ3) is 5.33. The Balaban J connectivity index is 4.34. The van der Waals surface area contributed by atoms with Crippen LogP contribution < -0.4 is 0 Å². The molecule has 6 N–H and O–H groups in total. The molecule has 0 fully saturated rings. The molecule has 20 heavy (non-hydrogen) atoms. The summed E-state index contributed by atoms with van der Waals surface area (Å²) >= 11 is 0. The molecule has 116 valence electrons. The van der Waals surface area contributed by atoms with Gasteiger partial charge in [-0.25, -0.2) is 4.79 Å². The van der Waals surface area contributed by atoms with Crippen molar-refractivity contribution in [2.24, 2.45) is 0 Å². The molecule has 0 bridgehead atoms. The molecular formula is C11H18O9. The van der Waals surface area contributed by atoms with Gasteiger partial charge in [0.25, 0.3) is 0 Å². The third-order valence-electron chi connectivity index (χ3n) is 2.46. The number of carbonyl (C=O) groups is 2. The van der Waals surface area contributed by atoms with Crippen LogP contribution in [0.1, 0.15) is 0 Å². The highest BCUT2D eigenvalue weighted by Crippen LogP contribution is 2.07. The number of esters is 1. The lowest BCUT2D eigenvalue weighted by Gasteiger charge is -2.24. The smallest absolute Gasteiger partial charge is 0.336 e. The molecule has 5 atom stereocenters. The largest absolute Gasteiger partial charge is 0.459 e. The van der Waals surface area contributed by atoms with Crippen molar-refractivity contribution in [3.8, 4) is 0 Å². The zero-order valence-corrected chi connectivity index (χ0v) is 10.5. The van der Waals surface area contributed by atoms with Gasteiger partial charge in [-0.05, 0) is 0 Å². The maximum atomic E-state index is 11.3. The van der Waals surface area contributed by atoms with E-state index < -0.39 is 55.3 Å². The van der Waals surface area contributed by atoms with Crippen LogP contribution in [0.4, 0.5) is 0 Å². The van der Waals surface area contributed by atoms with Gasteiger partial charge in [-0.15, -0.1) is 0 Å². The van der Waals surface area contributed by atoms with Crippen molar-refractivity contribution in [3.05, 3.63) is 12.2 Å². The molecule has 0 aromatic heterocycles. The second kappa shape index (κ2) is 8.74. The van der Waals surface area contributed by atoms with Gasteiger partial charge in [-0.1, -0.05) is 6.58 Å². The van der Waals surface area contributed by atoms with Crippen LogP contribution >= 0.6 is 0 Å². The van der Waals surface area contributed by atoms with Gasteiger partial charge >= 0.3 is 5.97 Å². The van der Waals surface area contributed by atoms with Crippen LogP contribution in [0.15, 0.2) is 12.2 Å². The van der Waals surface area contributed by atoms with E-state index in [1.54, 1.807) is 0 Å². The Morgan fingerprint density at radius 2 is 1.70 bits per heavy atom. The van der Waals surface area contributed by atoms with Gasteiger partial charge in [-0.3, -0.25) is 0 Å². The fourth-order valence-corrected chi connectivity index (χ4v) is 1.11. The van der Waals surface area contributed by atoms with Crippen molar-refractivity contribution in [1.29, 1.82) is 0 Å². The number of ether oxygens (including phenoxy) is 1. The van der Waals surface area contributed by atoms with Crippen molar-refractivity contribution in [3.63, 3.8) is 0 Å². The van der Waals surface area contributed by atoms with E-state index in [-0.39, 0.29) is 6.29 Å². The molecule has 0 aromatic carbocycles. The van der Waals surface area contributed by atoms with Crippen molar-refractivity contribution >= 4 is 12.3 Å². The summed E-state index contributed by atoms with van der Waals surface area (Å²) in [6.45, 7) is 1.64. The Morgan fingerprint density at radius 3 is 2.15 bits per heavy atom. The van der Waals surface area contributed by atoms with Crippen LogP contribution in [0.25, 0.3) is 0 Å². The van der Waals surface area contributed by atoms with Gasteiger partial charge < -0.3 is 40.2 Å². The van der Waals surface area contributed by atoms with Gasteiger partial charge in [0, 0.05) is 0 Å². The molecule has 9 heteroatoms. The molecular weight excluding hydrogens is 276 g/mol. The molecule has 0 rings (SSSR count). The lowest BCUT2D eigenvalue weighted by molar-refractivity contribution is -0.153. The van der Waals surface area contributed by atoms with Crippen molar-refractivity contribution in [2.75, 3.05) is 13.2 Å². The molecule has 0 radical (unpaired) electrons. The summed E-state index contributed by atoms with van der Waals surface area (Å²) in [6, 6.07) is 0. The van der Waals surface area contributed by atoms with Gasteiger partial charge in [0.1, 0.15) is 37.1 Å². The van der Waals surface area contributed by atoms with Gasteiger partial charge in [0.15, 0.2) is 6.29 Å². The van der Waals surface area contributed by atoms with Crippen LogP contribution in [0, 0.1) is 0 Å². The normalized spacial score (nSPS) is 18.5. The van der Waals surface area contributed by atoms with Crippen molar-refractivity contribution in [1.82, 2.24) is 0 Å². The predicted molar refractivity (Wildman–Crippen MR) is 63.3 cm³/mol. The summed E-state index contributed by atoms with van der Waals surface area (Å²) in [5, 5.41) is 54.6. The van der Waals surface area contributed by atoms with E-state index in [4.69, 9.17) is 15.3 Å². The Morgan fingerprint density at radius 1 is 1.15 bits per heavy atom. The maximum Gasteiger partial charge on any atom is 0.336 e. The van der Waals surface area contributed by atoms with Crippen molar-refractivity contribution < 1.29 is 45.0 Å². The second-order valence-corrected chi connectivity index (χ2v) is 4.00. The monoisotopic (exact) mass is 294 g/mol. The molecule has 0 spiro atoms. The topological polar surface area (TPSA) is 165 Å². The molecule has 0 amide bonds. The summed E-state index contributed by atoms with van der Waals surface area (Å²) in [7, 11) is 0. The SMILES string of the molecule is C=C(C(=O)OC[C@@H](O)[C@@H](O)[C@H](O)[C@@H](O)C=O)[C@H](O)CO. The first-order valence-electron chi connectivity index (χ1n) is 5.58. The first kappa shape index (κ1) is 18.6. The highest BCUT2D eigenvalue weighted by molar-refractivity contribution is 5.88. The summed E-state index contributed by atoms with van der Waals surface area (Å²) < 4.78 is 4.47. The molecule has 0 aliphatic heterocycles. The number of rotatable bonds is 9. The lowest BCUT2D eigenvalue weighted by atomic mass is 10.0. The quantitative estimate of drug-likeness (QED) is 0.141. The number of carbonyl (C=O) groups excluding carboxylic acids is 2. The fraction of sp³-hybridized carbons (Fsp3) is 0.636. The Kier molecular flexibility index (Phi) is 8.15.